The van der Waals surface area contributed by atoms with E-state index in [9.17, 15) is 9.59 Å². The smallest absolute Gasteiger partial charge is 0.260 e. The van der Waals surface area contributed by atoms with Crippen molar-refractivity contribution in [2.24, 2.45) is 0 Å². The fourth-order valence-electron chi connectivity index (χ4n) is 1.75. The summed E-state index contributed by atoms with van der Waals surface area (Å²) in [6.45, 7) is 5.94. The third-order valence-electron chi connectivity index (χ3n) is 2.75. The highest BCUT2D eigenvalue weighted by atomic mass is 16.2. The van der Waals surface area contributed by atoms with Crippen molar-refractivity contribution in [2.75, 3.05) is 0 Å². The van der Waals surface area contributed by atoms with Crippen LogP contribution in [0.1, 0.15) is 44.0 Å². The summed E-state index contributed by atoms with van der Waals surface area (Å²) < 4.78 is 1.61. The van der Waals surface area contributed by atoms with E-state index in [1.807, 2.05) is 19.9 Å². The number of rotatable bonds is 6. The fourth-order valence-corrected chi connectivity index (χ4v) is 1.75. The maximum absolute atomic E-state index is 11.6. The van der Waals surface area contributed by atoms with Crippen LogP contribution >= 0.6 is 0 Å². The van der Waals surface area contributed by atoms with Gasteiger partial charge in [-0.25, -0.2) is 0 Å². The van der Waals surface area contributed by atoms with Crippen molar-refractivity contribution in [1.82, 2.24) is 20.6 Å². The minimum Gasteiger partial charge on any atom is -0.273 e. The highest BCUT2D eigenvalue weighted by molar-refractivity contribution is 5.81. The van der Waals surface area contributed by atoms with Crippen molar-refractivity contribution in [2.45, 2.75) is 53.0 Å². The standard InChI is InChI=1S/C13H22N4O2/c1-4-5-6-7-12(18)14-15-13(19)9-17-11(3)8-10(2)16-17/h8H,4-7,9H2,1-3H3,(H,14,18)(H,15,19). The largest absolute Gasteiger partial charge is 0.273 e. The van der Waals surface area contributed by atoms with Gasteiger partial charge in [0.1, 0.15) is 6.54 Å². The highest BCUT2D eigenvalue weighted by Crippen LogP contribution is 2.01. The molecular formula is C13H22N4O2. The molecule has 0 aliphatic carbocycles. The molecule has 1 rings (SSSR count). The number of hydrogen-bond donors (Lipinski definition) is 2. The number of amides is 2. The first-order valence-corrected chi connectivity index (χ1v) is 6.61. The van der Waals surface area contributed by atoms with Crippen LogP contribution in [0.5, 0.6) is 0 Å². The van der Waals surface area contributed by atoms with Gasteiger partial charge >= 0.3 is 0 Å². The second kappa shape index (κ2) is 7.56. The summed E-state index contributed by atoms with van der Waals surface area (Å²) >= 11 is 0. The average Bonchev–Trinajstić information content (AvgIpc) is 2.65. The first-order valence-electron chi connectivity index (χ1n) is 6.61. The number of nitrogens with zero attached hydrogens (tertiary/aromatic N) is 2. The van der Waals surface area contributed by atoms with E-state index >= 15 is 0 Å². The van der Waals surface area contributed by atoms with Gasteiger partial charge in [-0.2, -0.15) is 5.10 Å². The molecule has 19 heavy (non-hydrogen) atoms. The molecule has 0 spiro atoms. The number of nitrogens with one attached hydrogen (secondary N) is 2. The molecule has 1 heterocycles. The third kappa shape index (κ3) is 5.54. The zero-order valence-corrected chi connectivity index (χ0v) is 11.8. The van der Waals surface area contributed by atoms with E-state index in [1.54, 1.807) is 4.68 Å². The van der Waals surface area contributed by atoms with Crippen LogP contribution in [0.15, 0.2) is 6.07 Å². The van der Waals surface area contributed by atoms with Gasteiger partial charge in [-0.15, -0.1) is 0 Å². The normalized spacial score (nSPS) is 10.3. The average molecular weight is 266 g/mol. The molecule has 0 unspecified atom stereocenters. The van der Waals surface area contributed by atoms with Crippen molar-refractivity contribution in [3.05, 3.63) is 17.5 Å². The van der Waals surface area contributed by atoms with E-state index in [1.165, 1.54) is 0 Å². The van der Waals surface area contributed by atoms with Gasteiger partial charge in [0.25, 0.3) is 5.91 Å². The van der Waals surface area contributed by atoms with Crippen LogP contribution in [0.2, 0.25) is 0 Å². The molecule has 1 aromatic rings. The number of aromatic nitrogens is 2. The van der Waals surface area contributed by atoms with Crippen molar-refractivity contribution >= 4 is 11.8 Å². The Morgan fingerprint density at radius 3 is 2.47 bits per heavy atom. The maximum Gasteiger partial charge on any atom is 0.260 e. The number of aryl methyl sites for hydroxylation is 2. The zero-order valence-electron chi connectivity index (χ0n) is 11.8. The van der Waals surface area contributed by atoms with Gasteiger partial charge < -0.3 is 0 Å². The van der Waals surface area contributed by atoms with Crippen LogP contribution in [0.25, 0.3) is 0 Å². The summed E-state index contributed by atoms with van der Waals surface area (Å²) in [6.07, 6.45) is 3.37. The molecule has 0 radical (unpaired) electrons. The molecule has 6 heteroatoms. The Labute approximate surface area is 113 Å². The van der Waals surface area contributed by atoms with Crippen LogP contribution in [-0.2, 0) is 16.1 Å². The first-order chi connectivity index (χ1) is 9.02. The molecular weight excluding hydrogens is 244 g/mol. The lowest BCUT2D eigenvalue weighted by atomic mass is 10.2. The van der Waals surface area contributed by atoms with Crippen LogP contribution < -0.4 is 10.9 Å². The van der Waals surface area contributed by atoms with E-state index in [2.05, 4.69) is 22.9 Å². The van der Waals surface area contributed by atoms with Crippen molar-refractivity contribution < 1.29 is 9.59 Å². The Morgan fingerprint density at radius 2 is 1.89 bits per heavy atom. The monoisotopic (exact) mass is 266 g/mol. The van der Waals surface area contributed by atoms with E-state index in [4.69, 9.17) is 0 Å². The topological polar surface area (TPSA) is 76.0 Å². The maximum atomic E-state index is 11.6. The Bertz CT molecular complexity index is 440. The first kappa shape index (κ1) is 15.2. The molecule has 1 aromatic heterocycles. The minimum absolute atomic E-state index is 0.106. The van der Waals surface area contributed by atoms with E-state index in [0.717, 1.165) is 30.7 Å². The Balaban J connectivity index is 2.28. The molecule has 106 valence electrons. The summed E-state index contributed by atoms with van der Waals surface area (Å²) in [7, 11) is 0. The Morgan fingerprint density at radius 1 is 1.21 bits per heavy atom. The lowest BCUT2D eigenvalue weighted by Crippen LogP contribution is -2.43. The summed E-state index contributed by atoms with van der Waals surface area (Å²) in [5, 5.41) is 4.18. The fraction of sp³-hybridized carbons (Fsp3) is 0.615. The quantitative estimate of drug-likeness (QED) is 0.600. The van der Waals surface area contributed by atoms with Gasteiger partial charge in [-0.1, -0.05) is 19.8 Å². The van der Waals surface area contributed by atoms with Gasteiger partial charge in [-0.3, -0.25) is 25.1 Å². The van der Waals surface area contributed by atoms with Gasteiger partial charge in [0.05, 0.1) is 5.69 Å². The molecule has 0 fully saturated rings. The zero-order chi connectivity index (χ0) is 14.3. The van der Waals surface area contributed by atoms with Gasteiger partial charge in [0.2, 0.25) is 5.91 Å². The van der Waals surface area contributed by atoms with Gasteiger partial charge in [0, 0.05) is 12.1 Å². The Hall–Kier alpha value is -1.85. The number of hydrazine groups is 1. The van der Waals surface area contributed by atoms with Crippen LogP contribution in [0.3, 0.4) is 0 Å². The number of carbonyl (C=O) groups excluding carboxylic acids is 2. The minimum atomic E-state index is -0.282. The van der Waals surface area contributed by atoms with E-state index < -0.39 is 0 Å². The molecule has 2 amide bonds. The number of carbonyl (C=O) groups is 2. The molecule has 0 saturated carbocycles. The lowest BCUT2D eigenvalue weighted by Gasteiger charge is -2.08. The molecule has 0 aliphatic rings. The molecule has 6 nitrogen and oxygen atoms in total. The number of hydrogen-bond acceptors (Lipinski definition) is 3. The molecule has 0 aromatic carbocycles. The van der Waals surface area contributed by atoms with Crippen LogP contribution in [0, 0.1) is 13.8 Å². The second-order valence-electron chi connectivity index (χ2n) is 4.64. The third-order valence-corrected chi connectivity index (χ3v) is 2.75. The van der Waals surface area contributed by atoms with E-state index in [0.29, 0.717) is 6.42 Å². The summed E-state index contributed by atoms with van der Waals surface area (Å²) in [4.78, 5) is 23.0. The van der Waals surface area contributed by atoms with Crippen LogP contribution in [-0.4, -0.2) is 21.6 Å². The van der Waals surface area contributed by atoms with Crippen molar-refractivity contribution in [1.29, 1.82) is 0 Å². The van der Waals surface area contributed by atoms with Crippen molar-refractivity contribution in [3.8, 4) is 0 Å². The van der Waals surface area contributed by atoms with Gasteiger partial charge in [0.15, 0.2) is 0 Å². The summed E-state index contributed by atoms with van der Waals surface area (Å²) in [6, 6.07) is 1.90. The van der Waals surface area contributed by atoms with Crippen molar-refractivity contribution in [3.63, 3.8) is 0 Å². The molecule has 0 bridgehead atoms. The molecule has 0 aliphatic heterocycles. The van der Waals surface area contributed by atoms with E-state index in [-0.39, 0.29) is 18.4 Å². The van der Waals surface area contributed by atoms with Gasteiger partial charge in [-0.05, 0) is 26.3 Å². The SMILES string of the molecule is CCCCCC(=O)NNC(=O)Cn1nc(C)cc1C. The predicted octanol–water partition coefficient (Wildman–Crippen LogP) is 1.23. The molecule has 0 atom stereocenters. The summed E-state index contributed by atoms with van der Waals surface area (Å²) in [5.41, 5.74) is 6.59. The number of unbranched alkanes of at least 4 members (excludes halogenated alkanes) is 2. The lowest BCUT2D eigenvalue weighted by molar-refractivity contribution is -0.129. The predicted molar refractivity (Wildman–Crippen MR) is 72.1 cm³/mol. The second-order valence-corrected chi connectivity index (χ2v) is 4.64. The molecule has 0 saturated heterocycles. The molecule has 2 N–H and O–H groups in total. The van der Waals surface area contributed by atoms with Crippen LogP contribution in [0.4, 0.5) is 0 Å². The summed E-state index contributed by atoms with van der Waals surface area (Å²) in [5.74, 6) is -0.440. The highest BCUT2D eigenvalue weighted by Gasteiger charge is 2.08. The Kier molecular flexibility index (Phi) is 6.05.